The van der Waals surface area contributed by atoms with Gasteiger partial charge in [0.2, 0.25) is 0 Å². The summed E-state index contributed by atoms with van der Waals surface area (Å²) in [6.45, 7) is 7.81. The smallest absolute Gasteiger partial charge is 0.0417 e. The molecule has 0 saturated carbocycles. The lowest BCUT2D eigenvalue weighted by Gasteiger charge is -2.18. The molecule has 1 nitrogen and oxygen atoms in total. The second kappa shape index (κ2) is 9.68. The number of hydrogen-bond donors (Lipinski definition) is 1. The Kier molecular flexibility index (Phi) is 8.60. The van der Waals surface area contributed by atoms with Crippen LogP contribution in [0.2, 0.25) is 5.02 Å². The topological polar surface area (TPSA) is 12.0 Å². The van der Waals surface area contributed by atoms with E-state index in [1.807, 2.05) is 30.0 Å². The van der Waals surface area contributed by atoms with E-state index < -0.39 is 0 Å². The van der Waals surface area contributed by atoms with E-state index in [2.05, 4.69) is 32.2 Å². The van der Waals surface area contributed by atoms with Gasteiger partial charge in [-0.25, -0.2) is 0 Å². The minimum atomic E-state index is 0.604. The molecule has 0 saturated heterocycles. The van der Waals surface area contributed by atoms with E-state index in [9.17, 15) is 0 Å². The molecule has 108 valence electrons. The van der Waals surface area contributed by atoms with E-state index in [0.717, 1.165) is 23.2 Å². The average molecular weight is 300 g/mol. The van der Waals surface area contributed by atoms with Crippen LogP contribution in [0, 0.1) is 5.92 Å². The quantitative estimate of drug-likeness (QED) is 0.626. The lowest BCUT2D eigenvalue weighted by atomic mass is 10.0. The molecular formula is C16H26ClNS. The van der Waals surface area contributed by atoms with Gasteiger partial charge in [-0.05, 0) is 37.1 Å². The van der Waals surface area contributed by atoms with Gasteiger partial charge in [-0.15, -0.1) is 11.8 Å². The highest BCUT2D eigenvalue weighted by molar-refractivity contribution is 7.99. The molecule has 3 heteroatoms. The average Bonchev–Trinajstić information content (AvgIpc) is 2.35. The highest BCUT2D eigenvalue weighted by atomic mass is 35.5. The normalized spacial score (nSPS) is 12.9. The Balaban J connectivity index is 2.36. The van der Waals surface area contributed by atoms with Crippen molar-refractivity contribution >= 4 is 23.4 Å². The third-order valence-corrected chi connectivity index (χ3v) is 4.47. The van der Waals surface area contributed by atoms with Crippen LogP contribution in [0.5, 0.6) is 0 Å². The summed E-state index contributed by atoms with van der Waals surface area (Å²) in [6.07, 6.45) is 3.90. The third kappa shape index (κ3) is 7.86. The zero-order chi connectivity index (χ0) is 14.1. The molecule has 0 amide bonds. The predicted molar refractivity (Wildman–Crippen MR) is 88.3 cm³/mol. The van der Waals surface area contributed by atoms with Gasteiger partial charge in [0.25, 0.3) is 0 Å². The van der Waals surface area contributed by atoms with E-state index in [0.29, 0.717) is 6.04 Å². The van der Waals surface area contributed by atoms with Crippen molar-refractivity contribution in [2.45, 2.75) is 51.0 Å². The highest BCUT2D eigenvalue weighted by Gasteiger charge is 2.08. The Hall–Kier alpha value is -0.180. The van der Waals surface area contributed by atoms with Crippen LogP contribution in [0.3, 0.4) is 0 Å². The molecule has 0 aromatic heterocycles. The summed E-state index contributed by atoms with van der Waals surface area (Å²) < 4.78 is 0. The molecule has 0 heterocycles. The summed E-state index contributed by atoms with van der Waals surface area (Å²) >= 11 is 7.91. The molecule has 0 spiro atoms. The minimum Gasteiger partial charge on any atom is -0.313 e. The molecule has 0 aliphatic heterocycles. The second-order valence-electron chi connectivity index (χ2n) is 5.35. The zero-order valence-electron chi connectivity index (χ0n) is 12.3. The number of rotatable bonds is 9. The van der Waals surface area contributed by atoms with Gasteiger partial charge in [-0.3, -0.25) is 0 Å². The molecular weight excluding hydrogens is 274 g/mol. The Morgan fingerprint density at radius 3 is 2.68 bits per heavy atom. The van der Waals surface area contributed by atoms with Crippen LogP contribution >= 0.6 is 23.4 Å². The Labute approximate surface area is 127 Å². The standard InChI is InChI=1S/C16H26ClNS/c1-4-18-15(9-5-7-13(2)3)12-19-16-10-6-8-14(17)11-16/h6,8,10-11,13,15,18H,4-5,7,9,12H2,1-3H3. The summed E-state index contributed by atoms with van der Waals surface area (Å²) in [5.41, 5.74) is 0. The van der Waals surface area contributed by atoms with Gasteiger partial charge in [0.05, 0.1) is 0 Å². The van der Waals surface area contributed by atoms with Gasteiger partial charge in [-0.1, -0.05) is 51.3 Å². The van der Waals surface area contributed by atoms with E-state index in [1.165, 1.54) is 24.2 Å². The van der Waals surface area contributed by atoms with Gasteiger partial charge in [-0.2, -0.15) is 0 Å². The summed E-state index contributed by atoms with van der Waals surface area (Å²) in [5.74, 6) is 1.93. The van der Waals surface area contributed by atoms with Crippen LogP contribution in [0.15, 0.2) is 29.2 Å². The molecule has 1 N–H and O–H groups in total. The Bertz CT molecular complexity index is 354. The number of nitrogens with one attached hydrogen (secondary N) is 1. The molecule has 1 unspecified atom stereocenters. The lowest BCUT2D eigenvalue weighted by molar-refractivity contribution is 0.469. The van der Waals surface area contributed by atoms with Crippen LogP contribution in [0.1, 0.15) is 40.0 Å². The van der Waals surface area contributed by atoms with Crippen molar-refractivity contribution in [1.82, 2.24) is 5.32 Å². The first kappa shape index (κ1) is 16.9. The van der Waals surface area contributed by atoms with E-state index in [4.69, 9.17) is 11.6 Å². The molecule has 0 fully saturated rings. The van der Waals surface area contributed by atoms with Gasteiger partial charge in [0, 0.05) is 21.7 Å². The van der Waals surface area contributed by atoms with Crippen molar-refractivity contribution in [2.75, 3.05) is 12.3 Å². The van der Waals surface area contributed by atoms with Crippen LogP contribution in [-0.4, -0.2) is 18.3 Å². The fourth-order valence-electron chi connectivity index (χ4n) is 2.06. The van der Waals surface area contributed by atoms with Crippen LogP contribution < -0.4 is 5.32 Å². The maximum Gasteiger partial charge on any atom is 0.0417 e. The Morgan fingerprint density at radius 2 is 2.05 bits per heavy atom. The molecule has 0 aliphatic carbocycles. The van der Waals surface area contributed by atoms with Gasteiger partial charge in [0.15, 0.2) is 0 Å². The van der Waals surface area contributed by atoms with Crippen LogP contribution in [0.4, 0.5) is 0 Å². The predicted octanol–water partition coefficient (Wildman–Crippen LogP) is 5.24. The number of halogens is 1. The second-order valence-corrected chi connectivity index (χ2v) is 6.88. The lowest BCUT2D eigenvalue weighted by Crippen LogP contribution is -2.31. The molecule has 0 radical (unpaired) electrons. The Morgan fingerprint density at radius 1 is 1.26 bits per heavy atom. The molecule has 1 aromatic carbocycles. The fraction of sp³-hybridized carbons (Fsp3) is 0.625. The van der Waals surface area contributed by atoms with Crippen molar-refractivity contribution in [3.63, 3.8) is 0 Å². The first-order valence-corrected chi connectivity index (χ1v) is 8.60. The minimum absolute atomic E-state index is 0.604. The maximum atomic E-state index is 6.01. The first-order chi connectivity index (χ1) is 9.11. The summed E-state index contributed by atoms with van der Waals surface area (Å²) in [7, 11) is 0. The van der Waals surface area contributed by atoms with Crippen molar-refractivity contribution in [1.29, 1.82) is 0 Å². The summed E-state index contributed by atoms with van der Waals surface area (Å²) in [5, 5.41) is 4.41. The molecule has 1 atom stereocenters. The molecule has 1 rings (SSSR count). The zero-order valence-corrected chi connectivity index (χ0v) is 13.9. The molecule has 1 aromatic rings. The summed E-state index contributed by atoms with van der Waals surface area (Å²) in [6, 6.07) is 8.73. The van der Waals surface area contributed by atoms with E-state index >= 15 is 0 Å². The van der Waals surface area contributed by atoms with Crippen LogP contribution in [-0.2, 0) is 0 Å². The molecule has 0 aliphatic rings. The van der Waals surface area contributed by atoms with Crippen molar-refractivity contribution in [3.05, 3.63) is 29.3 Å². The van der Waals surface area contributed by atoms with Gasteiger partial charge >= 0.3 is 0 Å². The monoisotopic (exact) mass is 299 g/mol. The largest absolute Gasteiger partial charge is 0.313 e. The number of thioether (sulfide) groups is 1. The van der Waals surface area contributed by atoms with Crippen molar-refractivity contribution in [3.8, 4) is 0 Å². The maximum absolute atomic E-state index is 6.01. The van der Waals surface area contributed by atoms with E-state index in [-0.39, 0.29) is 0 Å². The van der Waals surface area contributed by atoms with Gasteiger partial charge < -0.3 is 5.32 Å². The third-order valence-electron chi connectivity index (χ3n) is 3.07. The summed E-state index contributed by atoms with van der Waals surface area (Å²) in [4.78, 5) is 1.26. The van der Waals surface area contributed by atoms with Gasteiger partial charge in [0.1, 0.15) is 0 Å². The van der Waals surface area contributed by atoms with Crippen molar-refractivity contribution < 1.29 is 0 Å². The molecule has 0 bridgehead atoms. The first-order valence-electron chi connectivity index (χ1n) is 7.23. The number of hydrogen-bond acceptors (Lipinski definition) is 2. The SMILES string of the molecule is CCNC(CCCC(C)C)CSc1cccc(Cl)c1. The fourth-order valence-corrected chi connectivity index (χ4v) is 3.38. The van der Waals surface area contributed by atoms with Crippen LogP contribution in [0.25, 0.3) is 0 Å². The number of benzene rings is 1. The van der Waals surface area contributed by atoms with E-state index in [1.54, 1.807) is 0 Å². The molecule has 19 heavy (non-hydrogen) atoms. The highest BCUT2D eigenvalue weighted by Crippen LogP contribution is 2.23. The van der Waals surface area contributed by atoms with Crippen molar-refractivity contribution in [2.24, 2.45) is 5.92 Å².